The van der Waals surface area contributed by atoms with E-state index in [9.17, 15) is 0 Å². The van der Waals surface area contributed by atoms with Crippen LogP contribution in [0.15, 0.2) is 194 Å². The molecule has 0 fully saturated rings. The first-order valence-electron chi connectivity index (χ1n) is 18.8. The smallest absolute Gasteiger partial charge is 0.00206 e. The van der Waals surface area contributed by atoms with Gasteiger partial charge in [0.1, 0.15) is 0 Å². The highest BCUT2D eigenvalue weighted by Gasteiger charge is 2.18. The van der Waals surface area contributed by atoms with Crippen LogP contribution in [0.4, 0.5) is 0 Å². The van der Waals surface area contributed by atoms with E-state index < -0.39 is 0 Å². The van der Waals surface area contributed by atoms with Gasteiger partial charge >= 0.3 is 0 Å². The van der Waals surface area contributed by atoms with Crippen LogP contribution < -0.4 is 0 Å². The minimum Gasteiger partial charge on any atom is -0.0622 e. The van der Waals surface area contributed by atoms with Crippen LogP contribution >= 0.6 is 0 Å². The highest BCUT2D eigenvalue weighted by Crippen LogP contribution is 2.45. The Bertz CT molecular complexity index is 3390. The van der Waals surface area contributed by atoms with Gasteiger partial charge in [-0.25, -0.2) is 0 Å². The third kappa shape index (κ3) is 4.26. The molecule has 0 atom stereocenters. The zero-order chi connectivity index (χ0) is 35.3. The van der Waals surface area contributed by atoms with Crippen molar-refractivity contribution in [3.8, 4) is 44.5 Å². The third-order valence-corrected chi connectivity index (χ3v) is 11.9. The van der Waals surface area contributed by atoms with Gasteiger partial charge in [-0.15, -0.1) is 0 Å². The lowest BCUT2D eigenvalue weighted by Gasteiger charge is -2.19. The summed E-state index contributed by atoms with van der Waals surface area (Å²) in [5.74, 6) is 0. The molecule has 0 aliphatic carbocycles. The first-order valence-corrected chi connectivity index (χ1v) is 18.8. The summed E-state index contributed by atoms with van der Waals surface area (Å²) in [5, 5.41) is 18.2. The van der Waals surface area contributed by atoms with Crippen LogP contribution in [0.1, 0.15) is 0 Å². The van der Waals surface area contributed by atoms with Crippen molar-refractivity contribution < 1.29 is 0 Å². The predicted octanol–water partition coefficient (Wildman–Crippen LogP) is 15.3. The van der Waals surface area contributed by atoms with Gasteiger partial charge in [-0.05, 0) is 138 Å². The van der Waals surface area contributed by atoms with E-state index in [2.05, 4.69) is 194 Å². The largest absolute Gasteiger partial charge is 0.0622 e. The van der Waals surface area contributed by atoms with Gasteiger partial charge < -0.3 is 0 Å². The molecule has 0 amide bonds. The van der Waals surface area contributed by atoms with E-state index >= 15 is 0 Å². The van der Waals surface area contributed by atoms with E-state index in [1.165, 1.54) is 120 Å². The molecule has 0 radical (unpaired) electrons. The fraction of sp³-hybridized carbons (Fsp3) is 0. The van der Waals surface area contributed by atoms with Gasteiger partial charge in [-0.1, -0.05) is 176 Å². The number of fused-ring (bicyclic) bond motifs is 1. The Morgan fingerprint density at radius 3 is 1.33 bits per heavy atom. The van der Waals surface area contributed by atoms with Gasteiger partial charge in [0, 0.05) is 0 Å². The number of hydrogen-bond donors (Lipinski definition) is 0. The quantitative estimate of drug-likeness (QED) is 0.162. The minimum absolute atomic E-state index is 1.21. The standard InChI is InChI=1S/C54H32/c1-2-8-33(9-3-1)49-31-41(44-25-20-38-18-16-34-11-6-13-36-22-28-47(44)53(38)51(34)36)24-26-45(49)42-30-40-10-4-5-15-43(40)50(32-42)46-27-21-39-19-17-35-12-7-14-37-23-29-48(46)54(39)52(35)37/h1-32H. The summed E-state index contributed by atoms with van der Waals surface area (Å²) in [6.07, 6.45) is 0. The van der Waals surface area contributed by atoms with Crippen LogP contribution in [0.25, 0.3) is 120 Å². The maximum absolute atomic E-state index is 2.44. The molecule has 12 aromatic carbocycles. The molecular formula is C54H32. The zero-order valence-electron chi connectivity index (χ0n) is 29.5. The van der Waals surface area contributed by atoms with Crippen molar-refractivity contribution >= 4 is 75.4 Å². The molecule has 248 valence electrons. The number of rotatable bonds is 4. The molecule has 0 aromatic heterocycles. The summed E-state index contributed by atoms with van der Waals surface area (Å²) in [6, 6.07) is 72.5. The molecule has 0 nitrogen and oxygen atoms in total. The normalized spacial score (nSPS) is 12.1. The number of hydrogen-bond acceptors (Lipinski definition) is 0. The molecule has 0 bridgehead atoms. The maximum Gasteiger partial charge on any atom is -0.00206 e. The van der Waals surface area contributed by atoms with E-state index in [4.69, 9.17) is 0 Å². The first kappa shape index (κ1) is 29.5. The first-order chi connectivity index (χ1) is 26.8. The second-order valence-corrected chi connectivity index (χ2v) is 14.8. The SMILES string of the molecule is c1ccc(-c2cc(-c3ccc4ccc5cccc6ccc3c4c56)ccc2-c2cc(-c3ccc4ccc5cccc6ccc3c4c56)c3ccccc3c2)cc1. The Balaban J connectivity index is 1.11. The van der Waals surface area contributed by atoms with Crippen molar-refractivity contribution in [1.29, 1.82) is 0 Å². The van der Waals surface area contributed by atoms with E-state index in [0.29, 0.717) is 0 Å². The van der Waals surface area contributed by atoms with Gasteiger partial charge in [0.2, 0.25) is 0 Å². The molecule has 0 aliphatic heterocycles. The Hall–Kier alpha value is -7.02. The van der Waals surface area contributed by atoms with Crippen LogP contribution in [0.3, 0.4) is 0 Å². The molecule has 0 aliphatic rings. The molecule has 12 rings (SSSR count). The molecule has 0 N–H and O–H groups in total. The fourth-order valence-corrected chi connectivity index (χ4v) is 9.47. The highest BCUT2D eigenvalue weighted by molar-refractivity contribution is 6.27. The van der Waals surface area contributed by atoms with E-state index in [0.717, 1.165) is 0 Å². The van der Waals surface area contributed by atoms with Crippen LogP contribution in [-0.2, 0) is 0 Å². The van der Waals surface area contributed by atoms with E-state index in [-0.39, 0.29) is 0 Å². The molecular weight excluding hydrogens is 649 g/mol. The molecule has 0 heteroatoms. The van der Waals surface area contributed by atoms with Crippen LogP contribution in [0.2, 0.25) is 0 Å². The molecule has 54 heavy (non-hydrogen) atoms. The highest BCUT2D eigenvalue weighted by atomic mass is 14.2. The molecule has 0 heterocycles. The average molecular weight is 681 g/mol. The van der Waals surface area contributed by atoms with Gasteiger partial charge in [-0.3, -0.25) is 0 Å². The summed E-state index contributed by atoms with van der Waals surface area (Å²) in [6.45, 7) is 0. The lowest BCUT2D eigenvalue weighted by atomic mass is 9.85. The molecule has 0 unspecified atom stereocenters. The second kappa shape index (κ2) is 11.2. The zero-order valence-corrected chi connectivity index (χ0v) is 29.5. The van der Waals surface area contributed by atoms with Gasteiger partial charge in [0.25, 0.3) is 0 Å². The molecule has 0 saturated heterocycles. The maximum atomic E-state index is 2.44. The van der Waals surface area contributed by atoms with Crippen molar-refractivity contribution in [2.45, 2.75) is 0 Å². The summed E-state index contributed by atoms with van der Waals surface area (Å²) < 4.78 is 0. The summed E-state index contributed by atoms with van der Waals surface area (Å²) in [7, 11) is 0. The third-order valence-electron chi connectivity index (χ3n) is 11.9. The lowest BCUT2D eigenvalue weighted by molar-refractivity contribution is 1.58. The monoisotopic (exact) mass is 680 g/mol. The topological polar surface area (TPSA) is 0 Å². The van der Waals surface area contributed by atoms with Crippen LogP contribution in [0, 0.1) is 0 Å². The summed E-state index contributed by atoms with van der Waals surface area (Å²) >= 11 is 0. The molecule has 12 aromatic rings. The van der Waals surface area contributed by atoms with Gasteiger partial charge in [-0.2, -0.15) is 0 Å². The van der Waals surface area contributed by atoms with Gasteiger partial charge in [0.15, 0.2) is 0 Å². The van der Waals surface area contributed by atoms with Crippen molar-refractivity contribution in [2.24, 2.45) is 0 Å². The van der Waals surface area contributed by atoms with Crippen molar-refractivity contribution in [2.75, 3.05) is 0 Å². The van der Waals surface area contributed by atoms with Crippen molar-refractivity contribution in [3.05, 3.63) is 194 Å². The lowest BCUT2D eigenvalue weighted by Crippen LogP contribution is -1.92. The Kier molecular flexibility index (Phi) is 6.15. The van der Waals surface area contributed by atoms with Gasteiger partial charge in [0.05, 0.1) is 0 Å². The van der Waals surface area contributed by atoms with Crippen molar-refractivity contribution in [3.63, 3.8) is 0 Å². The van der Waals surface area contributed by atoms with Crippen molar-refractivity contribution in [1.82, 2.24) is 0 Å². The molecule has 0 spiro atoms. The van der Waals surface area contributed by atoms with Crippen LogP contribution in [0.5, 0.6) is 0 Å². The summed E-state index contributed by atoms with van der Waals surface area (Å²) in [4.78, 5) is 0. The fourth-order valence-electron chi connectivity index (χ4n) is 9.47. The predicted molar refractivity (Wildman–Crippen MR) is 233 cm³/mol. The Morgan fingerprint density at radius 1 is 0.185 bits per heavy atom. The van der Waals surface area contributed by atoms with E-state index in [1.54, 1.807) is 0 Å². The average Bonchev–Trinajstić information content (AvgIpc) is 3.24. The Morgan fingerprint density at radius 2 is 0.667 bits per heavy atom. The minimum atomic E-state index is 1.21. The summed E-state index contributed by atoms with van der Waals surface area (Å²) in [5.41, 5.74) is 9.91. The van der Waals surface area contributed by atoms with Crippen LogP contribution in [-0.4, -0.2) is 0 Å². The van der Waals surface area contributed by atoms with E-state index in [1.807, 2.05) is 0 Å². The molecule has 0 saturated carbocycles. The number of benzene rings is 12. The second-order valence-electron chi connectivity index (χ2n) is 14.8. The Labute approximate surface area is 312 Å².